The number of ether oxygens (including phenoxy) is 1. The lowest BCUT2D eigenvalue weighted by atomic mass is 10.0. The normalized spacial score (nSPS) is 13.2. The van der Waals surface area contributed by atoms with Crippen LogP contribution in [0.2, 0.25) is 0 Å². The van der Waals surface area contributed by atoms with Gasteiger partial charge in [-0.3, -0.25) is 4.79 Å². The molecule has 8 heteroatoms. The monoisotopic (exact) mass is 438 g/mol. The second kappa shape index (κ2) is 10.8. The third-order valence-electron chi connectivity index (χ3n) is 4.87. The number of anilines is 1. The average Bonchev–Trinajstić information content (AvgIpc) is 3.11. The van der Waals surface area contributed by atoms with Gasteiger partial charge < -0.3 is 19.9 Å². The number of carbonyl (C=O) groups excluding carboxylic acids is 2. The van der Waals surface area contributed by atoms with Crippen molar-refractivity contribution in [2.24, 2.45) is 0 Å². The fourth-order valence-corrected chi connectivity index (χ4v) is 4.50. The van der Waals surface area contributed by atoms with E-state index in [-0.39, 0.29) is 12.0 Å². The van der Waals surface area contributed by atoms with E-state index in [1.165, 1.54) is 17.4 Å². The van der Waals surface area contributed by atoms with E-state index in [0.717, 1.165) is 29.0 Å². The molecule has 1 aromatic carbocycles. The van der Waals surface area contributed by atoms with Gasteiger partial charge in [-0.05, 0) is 44.1 Å². The molecular weight excluding hydrogens is 412 g/mol. The average molecular weight is 439 g/mol. The fourth-order valence-electron chi connectivity index (χ4n) is 3.29. The molecule has 0 spiro atoms. The van der Waals surface area contributed by atoms with Gasteiger partial charge in [-0.1, -0.05) is 30.3 Å². The van der Waals surface area contributed by atoms with Gasteiger partial charge in [0, 0.05) is 24.0 Å². The van der Waals surface area contributed by atoms with Crippen LogP contribution < -0.4 is 5.32 Å². The first-order valence-electron chi connectivity index (χ1n) is 10.1. The lowest BCUT2D eigenvalue weighted by Crippen LogP contribution is -2.36. The lowest BCUT2D eigenvalue weighted by Gasteiger charge is -2.26. The van der Waals surface area contributed by atoms with Crippen molar-refractivity contribution in [2.45, 2.75) is 19.4 Å². The van der Waals surface area contributed by atoms with Crippen molar-refractivity contribution in [3.05, 3.63) is 58.0 Å². The number of thiophene rings is 1. The quantitative estimate of drug-likeness (QED) is 0.526. The molecule has 1 aromatic heterocycles. The molecule has 2 heterocycles. The first-order valence-corrected chi connectivity index (χ1v) is 10.9. The van der Waals surface area contributed by atoms with E-state index in [1.54, 1.807) is 11.0 Å². The zero-order valence-electron chi connectivity index (χ0n) is 17.8. The number of hydrogen-bond donors (Lipinski definition) is 1. The molecule has 0 fully saturated rings. The number of amides is 2. The summed E-state index contributed by atoms with van der Waals surface area (Å²) in [6, 6.07) is 11.7. The van der Waals surface area contributed by atoms with Crippen LogP contribution in [0.3, 0.4) is 0 Å². The fraction of sp³-hybridized carbons (Fsp3) is 0.348. The van der Waals surface area contributed by atoms with Gasteiger partial charge in [0.25, 0.3) is 0 Å². The number of nitriles is 1. The molecule has 0 bridgehead atoms. The summed E-state index contributed by atoms with van der Waals surface area (Å²) in [5.74, 6) is -0.295. The summed E-state index contributed by atoms with van der Waals surface area (Å²) >= 11 is 1.35. The third-order valence-corrected chi connectivity index (χ3v) is 6.00. The molecule has 0 atom stereocenters. The largest absolute Gasteiger partial charge is 0.449 e. The predicted molar refractivity (Wildman–Crippen MR) is 122 cm³/mol. The molecule has 0 radical (unpaired) electrons. The molecule has 2 aromatic rings. The number of nitrogens with one attached hydrogen (secondary N) is 1. The maximum absolute atomic E-state index is 12.4. The van der Waals surface area contributed by atoms with Crippen molar-refractivity contribution in [3.63, 3.8) is 0 Å². The van der Waals surface area contributed by atoms with Gasteiger partial charge in [0.05, 0.1) is 18.7 Å². The third kappa shape index (κ3) is 6.17. The maximum Gasteiger partial charge on any atom is 0.410 e. The molecule has 0 unspecified atom stereocenters. The summed E-state index contributed by atoms with van der Waals surface area (Å²) in [5, 5.41) is 13.0. The van der Waals surface area contributed by atoms with Crippen LogP contribution in [0.15, 0.2) is 36.4 Å². The first kappa shape index (κ1) is 22.5. The second-order valence-electron chi connectivity index (χ2n) is 7.50. The van der Waals surface area contributed by atoms with Crippen molar-refractivity contribution in [1.29, 1.82) is 5.26 Å². The van der Waals surface area contributed by atoms with E-state index in [4.69, 9.17) is 4.74 Å². The number of benzene rings is 1. The number of hydrogen-bond acceptors (Lipinski definition) is 6. The maximum atomic E-state index is 12.4. The topological polar surface area (TPSA) is 85.7 Å². The Labute approximate surface area is 186 Å². The van der Waals surface area contributed by atoms with Crippen LogP contribution in [-0.2, 0) is 22.5 Å². The van der Waals surface area contributed by atoms with Crippen LogP contribution in [0, 0.1) is 11.3 Å². The highest BCUT2D eigenvalue weighted by molar-refractivity contribution is 7.16. The number of fused-ring (bicyclic) bond motifs is 1. The molecule has 1 aliphatic rings. The Hall–Kier alpha value is -3.15. The lowest BCUT2D eigenvalue weighted by molar-refractivity contribution is -0.111. The van der Waals surface area contributed by atoms with Gasteiger partial charge in [0.1, 0.15) is 11.1 Å². The van der Waals surface area contributed by atoms with Crippen molar-refractivity contribution < 1.29 is 14.3 Å². The standard InChI is InChI=1S/C23H26N4O3S/c1-26(2)12-6-14-30-23(29)27-13-11-18-19(15-24)22(31-20(18)16-27)25-21(28)10-9-17-7-4-3-5-8-17/h3-5,7-10H,6,11-14,16H2,1-2H3,(H,25,28). The molecule has 0 aliphatic carbocycles. The van der Waals surface area contributed by atoms with Crippen molar-refractivity contribution in [2.75, 3.05) is 39.1 Å². The molecule has 0 saturated carbocycles. The highest BCUT2D eigenvalue weighted by Gasteiger charge is 2.28. The van der Waals surface area contributed by atoms with E-state index >= 15 is 0 Å². The summed E-state index contributed by atoms with van der Waals surface area (Å²) in [6.45, 7) is 2.11. The molecule has 2 amide bonds. The predicted octanol–water partition coefficient (Wildman–Crippen LogP) is 3.72. The first-order chi connectivity index (χ1) is 15.0. The molecule has 0 saturated heterocycles. The summed E-state index contributed by atoms with van der Waals surface area (Å²) in [5.41, 5.74) is 2.32. The van der Waals surface area contributed by atoms with Crippen LogP contribution in [-0.4, -0.2) is 55.6 Å². The summed E-state index contributed by atoms with van der Waals surface area (Å²) in [7, 11) is 3.96. The zero-order chi connectivity index (χ0) is 22.2. The number of nitrogens with zero attached hydrogens (tertiary/aromatic N) is 3. The van der Waals surface area contributed by atoms with Gasteiger partial charge in [0.15, 0.2) is 0 Å². The highest BCUT2D eigenvalue weighted by Crippen LogP contribution is 2.36. The Balaban J connectivity index is 1.62. The van der Waals surface area contributed by atoms with Crippen molar-refractivity contribution in [3.8, 4) is 6.07 Å². The molecule has 3 rings (SSSR count). The minimum Gasteiger partial charge on any atom is -0.449 e. The zero-order valence-corrected chi connectivity index (χ0v) is 18.6. The summed E-state index contributed by atoms with van der Waals surface area (Å²) < 4.78 is 5.37. The molecule has 162 valence electrons. The van der Waals surface area contributed by atoms with Crippen LogP contribution in [0.25, 0.3) is 6.08 Å². The minimum absolute atomic E-state index is 0.295. The van der Waals surface area contributed by atoms with Gasteiger partial charge in [-0.2, -0.15) is 5.26 Å². The minimum atomic E-state index is -0.340. The number of carbonyl (C=O) groups is 2. The SMILES string of the molecule is CN(C)CCCOC(=O)N1CCc2c(sc(NC(=O)C=Cc3ccccc3)c2C#N)C1. The molecule has 1 aliphatic heterocycles. The van der Waals surface area contributed by atoms with Crippen LogP contribution in [0.4, 0.5) is 9.80 Å². The Bertz CT molecular complexity index is 992. The van der Waals surface area contributed by atoms with Crippen molar-refractivity contribution in [1.82, 2.24) is 9.80 Å². The van der Waals surface area contributed by atoms with Crippen LogP contribution >= 0.6 is 11.3 Å². The van der Waals surface area contributed by atoms with Gasteiger partial charge >= 0.3 is 6.09 Å². The van der Waals surface area contributed by atoms with E-state index in [0.29, 0.717) is 36.7 Å². The van der Waals surface area contributed by atoms with E-state index in [1.807, 2.05) is 49.3 Å². The molecule has 1 N–H and O–H groups in total. The van der Waals surface area contributed by atoms with E-state index in [9.17, 15) is 14.9 Å². The smallest absolute Gasteiger partial charge is 0.410 e. The molecule has 31 heavy (non-hydrogen) atoms. The summed E-state index contributed by atoms with van der Waals surface area (Å²) in [6.07, 6.45) is 4.18. The van der Waals surface area contributed by atoms with Crippen LogP contribution in [0.1, 0.15) is 28.0 Å². The molecular formula is C23H26N4O3S. The van der Waals surface area contributed by atoms with Gasteiger partial charge in [-0.15, -0.1) is 11.3 Å². The van der Waals surface area contributed by atoms with Gasteiger partial charge in [-0.25, -0.2) is 4.79 Å². The number of rotatable bonds is 7. The Morgan fingerprint density at radius 2 is 2.10 bits per heavy atom. The highest BCUT2D eigenvalue weighted by atomic mass is 32.1. The van der Waals surface area contributed by atoms with E-state index in [2.05, 4.69) is 11.4 Å². The van der Waals surface area contributed by atoms with Crippen molar-refractivity contribution >= 4 is 34.4 Å². The summed E-state index contributed by atoms with van der Waals surface area (Å²) in [4.78, 5) is 29.3. The van der Waals surface area contributed by atoms with Gasteiger partial charge in [0.2, 0.25) is 5.91 Å². The Morgan fingerprint density at radius 3 is 2.81 bits per heavy atom. The van der Waals surface area contributed by atoms with E-state index < -0.39 is 0 Å². The second-order valence-corrected chi connectivity index (χ2v) is 8.60. The molecule has 7 nitrogen and oxygen atoms in total. The van der Waals surface area contributed by atoms with Crippen LogP contribution in [0.5, 0.6) is 0 Å². The Morgan fingerprint density at radius 1 is 1.32 bits per heavy atom. The Kier molecular flexibility index (Phi) is 7.82.